The summed E-state index contributed by atoms with van der Waals surface area (Å²) < 4.78 is 0. The van der Waals surface area contributed by atoms with Crippen molar-refractivity contribution in [2.24, 2.45) is 0 Å². The van der Waals surface area contributed by atoms with E-state index in [1.54, 1.807) is 12.1 Å². The van der Waals surface area contributed by atoms with Crippen LogP contribution in [0.25, 0.3) is 0 Å². The van der Waals surface area contributed by atoms with Crippen LogP contribution in [-0.2, 0) is 15.0 Å². The molecule has 2 amide bonds. The van der Waals surface area contributed by atoms with Gasteiger partial charge in [-0.25, -0.2) is 0 Å². The van der Waals surface area contributed by atoms with Crippen LogP contribution >= 0.6 is 23.2 Å². The second-order valence-corrected chi connectivity index (χ2v) is 6.90. The van der Waals surface area contributed by atoms with E-state index < -0.39 is 5.41 Å². The Hall–Kier alpha value is -1.26. The number of nitrogens with one attached hydrogen (secondary N) is 2. The molecule has 2 aliphatic carbocycles. The molecule has 0 atom stereocenters. The van der Waals surface area contributed by atoms with Gasteiger partial charge in [0.15, 0.2) is 0 Å². The molecule has 2 N–H and O–H groups in total. The standard InChI is InChI=1S/C16H18Cl2N2O2/c17-12-5-2-10(8-13(12)18)16(6-1-7-16)15(22)19-9-14(21)20-11-3-4-11/h2,5,8,11H,1,3-4,6-7,9H2,(H,19,22)(H,20,21). The molecule has 1 aromatic carbocycles. The maximum Gasteiger partial charge on any atom is 0.239 e. The van der Waals surface area contributed by atoms with Crippen molar-refractivity contribution < 1.29 is 9.59 Å². The molecule has 22 heavy (non-hydrogen) atoms. The SMILES string of the molecule is O=C(CNC(=O)C1(c2ccc(Cl)c(Cl)c2)CCC1)NC1CC1. The summed E-state index contributed by atoms with van der Waals surface area (Å²) in [5.74, 6) is -0.234. The van der Waals surface area contributed by atoms with E-state index in [4.69, 9.17) is 23.2 Å². The van der Waals surface area contributed by atoms with E-state index in [2.05, 4.69) is 10.6 Å². The van der Waals surface area contributed by atoms with Gasteiger partial charge in [0.2, 0.25) is 11.8 Å². The lowest BCUT2D eigenvalue weighted by molar-refractivity contribution is -0.132. The van der Waals surface area contributed by atoms with Crippen molar-refractivity contribution in [3.8, 4) is 0 Å². The van der Waals surface area contributed by atoms with Crippen LogP contribution in [0.2, 0.25) is 10.0 Å². The molecule has 118 valence electrons. The highest BCUT2D eigenvalue weighted by Gasteiger charge is 2.45. The van der Waals surface area contributed by atoms with Crippen molar-refractivity contribution in [1.82, 2.24) is 10.6 Å². The molecule has 0 saturated heterocycles. The average Bonchev–Trinajstić information content (AvgIpc) is 3.23. The van der Waals surface area contributed by atoms with Gasteiger partial charge in [-0.3, -0.25) is 9.59 Å². The summed E-state index contributed by atoms with van der Waals surface area (Å²) in [5.41, 5.74) is 0.293. The van der Waals surface area contributed by atoms with Crippen LogP contribution in [0.4, 0.5) is 0 Å². The summed E-state index contributed by atoms with van der Waals surface area (Å²) in [5, 5.41) is 6.55. The molecule has 1 aromatic rings. The van der Waals surface area contributed by atoms with Crippen LogP contribution in [0.3, 0.4) is 0 Å². The molecule has 2 saturated carbocycles. The molecule has 4 nitrogen and oxygen atoms in total. The van der Waals surface area contributed by atoms with Gasteiger partial charge in [-0.2, -0.15) is 0 Å². The van der Waals surface area contributed by atoms with Crippen molar-refractivity contribution in [2.75, 3.05) is 6.54 Å². The number of carbonyl (C=O) groups is 2. The van der Waals surface area contributed by atoms with Gasteiger partial charge in [0.25, 0.3) is 0 Å². The summed E-state index contributed by atoms with van der Waals surface area (Å²) in [6, 6.07) is 5.62. The van der Waals surface area contributed by atoms with Gasteiger partial charge in [-0.1, -0.05) is 35.7 Å². The van der Waals surface area contributed by atoms with E-state index in [-0.39, 0.29) is 18.4 Å². The number of hydrogen-bond acceptors (Lipinski definition) is 2. The van der Waals surface area contributed by atoms with Crippen molar-refractivity contribution in [3.05, 3.63) is 33.8 Å². The topological polar surface area (TPSA) is 58.2 Å². The predicted molar refractivity (Wildman–Crippen MR) is 86.2 cm³/mol. The van der Waals surface area contributed by atoms with E-state index >= 15 is 0 Å². The molecule has 0 radical (unpaired) electrons. The Morgan fingerprint density at radius 3 is 2.45 bits per heavy atom. The van der Waals surface area contributed by atoms with E-state index in [0.717, 1.165) is 37.7 Å². The van der Waals surface area contributed by atoms with E-state index in [0.29, 0.717) is 16.1 Å². The lowest BCUT2D eigenvalue weighted by atomic mass is 9.64. The van der Waals surface area contributed by atoms with Gasteiger partial charge in [0.05, 0.1) is 22.0 Å². The maximum absolute atomic E-state index is 12.6. The fourth-order valence-electron chi connectivity index (χ4n) is 2.81. The van der Waals surface area contributed by atoms with Crippen molar-refractivity contribution in [1.29, 1.82) is 0 Å². The van der Waals surface area contributed by atoms with Gasteiger partial charge in [-0.15, -0.1) is 0 Å². The maximum atomic E-state index is 12.6. The van der Waals surface area contributed by atoms with Crippen LogP contribution in [0.15, 0.2) is 18.2 Å². The average molecular weight is 341 g/mol. The number of hydrogen-bond donors (Lipinski definition) is 2. The molecular weight excluding hydrogens is 323 g/mol. The second-order valence-electron chi connectivity index (χ2n) is 6.09. The summed E-state index contributed by atoms with van der Waals surface area (Å²) in [4.78, 5) is 24.3. The number of benzene rings is 1. The lowest BCUT2D eigenvalue weighted by Gasteiger charge is -2.40. The van der Waals surface area contributed by atoms with Gasteiger partial charge < -0.3 is 10.6 Å². The van der Waals surface area contributed by atoms with Gasteiger partial charge in [-0.05, 0) is 43.4 Å². The molecule has 6 heteroatoms. The molecule has 0 aliphatic heterocycles. The monoisotopic (exact) mass is 340 g/mol. The molecular formula is C16H18Cl2N2O2. The Kier molecular flexibility index (Phi) is 4.33. The minimum atomic E-state index is -0.575. The first-order valence-electron chi connectivity index (χ1n) is 7.54. The molecule has 0 unspecified atom stereocenters. The van der Waals surface area contributed by atoms with Crippen molar-refractivity contribution in [3.63, 3.8) is 0 Å². The zero-order chi connectivity index (χ0) is 15.7. The van der Waals surface area contributed by atoms with Crippen LogP contribution in [0, 0.1) is 0 Å². The number of rotatable bonds is 5. The van der Waals surface area contributed by atoms with E-state index in [1.807, 2.05) is 6.07 Å². The van der Waals surface area contributed by atoms with Crippen LogP contribution in [-0.4, -0.2) is 24.4 Å². The van der Waals surface area contributed by atoms with E-state index in [9.17, 15) is 9.59 Å². The summed E-state index contributed by atoms with van der Waals surface area (Å²) in [6.45, 7) is 0.0262. The number of carbonyl (C=O) groups excluding carboxylic acids is 2. The Balaban J connectivity index is 1.67. The molecule has 3 rings (SSSR count). The fourth-order valence-corrected chi connectivity index (χ4v) is 3.11. The van der Waals surface area contributed by atoms with Gasteiger partial charge >= 0.3 is 0 Å². The summed E-state index contributed by atoms with van der Waals surface area (Å²) >= 11 is 12.0. The smallest absolute Gasteiger partial charge is 0.239 e. The Morgan fingerprint density at radius 2 is 1.91 bits per heavy atom. The highest BCUT2D eigenvalue weighted by molar-refractivity contribution is 6.42. The fraction of sp³-hybridized carbons (Fsp3) is 0.500. The molecule has 2 aliphatic rings. The third kappa shape index (κ3) is 3.08. The first kappa shape index (κ1) is 15.6. The van der Waals surface area contributed by atoms with E-state index in [1.165, 1.54) is 0 Å². The minimum Gasteiger partial charge on any atom is -0.352 e. The highest BCUT2D eigenvalue weighted by Crippen LogP contribution is 2.45. The van der Waals surface area contributed by atoms with Crippen LogP contribution in [0.1, 0.15) is 37.7 Å². The third-order valence-corrected chi connectivity index (χ3v) is 5.20. The normalized spacial score (nSPS) is 19.2. The minimum absolute atomic E-state index is 0.0262. The zero-order valence-corrected chi connectivity index (χ0v) is 13.6. The Bertz CT molecular complexity index is 610. The summed E-state index contributed by atoms with van der Waals surface area (Å²) in [6.07, 6.45) is 4.59. The molecule has 0 bridgehead atoms. The molecule has 2 fully saturated rings. The molecule has 0 aromatic heterocycles. The van der Waals surface area contributed by atoms with Crippen LogP contribution < -0.4 is 10.6 Å². The van der Waals surface area contributed by atoms with Crippen molar-refractivity contribution in [2.45, 2.75) is 43.6 Å². The Labute approximate surface area is 139 Å². The molecule has 0 spiro atoms. The third-order valence-electron chi connectivity index (χ3n) is 4.47. The first-order chi connectivity index (χ1) is 10.5. The Morgan fingerprint density at radius 1 is 1.18 bits per heavy atom. The molecule has 0 heterocycles. The van der Waals surface area contributed by atoms with Crippen LogP contribution in [0.5, 0.6) is 0 Å². The highest BCUT2D eigenvalue weighted by atomic mass is 35.5. The quantitative estimate of drug-likeness (QED) is 0.865. The second kappa shape index (κ2) is 6.09. The van der Waals surface area contributed by atoms with Gasteiger partial charge in [0.1, 0.15) is 0 Å². The lowest BCUT2D eigenvalue weighted by Crippen LogP contribution is -2.51. The van der Waals surface area contributed by atoms with Crippen molar-refractivity contribution >= 4 is 35.0 Å². The number of amides is 2. The summed E-state index contributed by atoms with van der Waals surface area (Å²) in [7, 11) is 0. The number of halogens is 2. The van der Waals surface area contributed by atoms with Gasteiger partial charge in [0, 0.05) is 6.04 Å². The first-order valence-corrected chi connectivity index (χ1v) is 8.30. The zero-order valence-electron chi connectivity index (χ0n) is 12.1. The largest absolute Gasteiger partial charge is 0.352 e. The predicted octanol–water partition coefficient (Wildman–Crippen LogP) is 2.81.